The van der Waals surface area contributed by atoms with Gasteiger partial charge in [0.25, 0.3) is 0 Å². The van der Waals surface area contributed by atoms with Gasteiger partial charge in [-0.25, -0.2) is 4.98 Å². The molecular weight excluding hydrogens is 403 g/mol. The van der Waals surface area contributed by atoms with E-state index in [1.165, 1.54) is 18.9 Å². The van der Waals surface area contributed by atoms with E-state index in [1.807, 2.05) is 17.1 Å². The van der Waals surface area contributed by atoms with E-state index in [2.05, 4.69) is 88.3 Å². The van der Waals surface area contributed by atoms with E-state index in [4.69, 9.17) is 0 Å². The fourth-order valence-electron chi connectivity index (χ4n) is 1.99. The fraction of sp³-hybridized carbons (Fsp3) is 0.0556. The Morgan fingerprint density at radius 3 is 2.32 bits per heavy atom. The lowest BCUT2D eigenvalue weighted by atomic mass is 10.2. The van der Waals surface area contributed by atoms with Crippen molar-refractivity contribution >= 4 is 40.4 Å². The van der Waals surface area contributed by atoms with Crippen LogP contribution in [0.3, 0.4) is 0 Å². The predicted octanol–water partition coefficient (Wildman–Crippen LogP) is 5.35. The standard InChI is InChI=1S/C18H15IN2S/c19-16-5-9-18(10-6-16)22-17-7-3-15(4-8-17)2-1-12-21-13-11-20-14-21/h1-11,13-14H,12H2. The highest BCUT2D eigenvalue weighted by molar-refractivity contribution is 14.1. The first-order valence-corrected chi connectivity index (χ1v) is 8.85. The topological polar surface area (TPSA) is 17.8 Å². The van der Waals surface area contributed by atoms with E-state index in [-0.39, 0.29) is 0 Å². The van der Waals surface area contributed by atoms with Gasteiger partial charge in [-0.1, -0.05) is 36.0 Å². The number of aromatic nitrogens is 2. The maximum absolute atomic E-state index is 4.03. The van der Waals surface area contributed by atoms with Gasteiger partial charge in [-0.15, -0.1) is 0 Å². The van der Waals surface area contributed by atoms with E-state index >= 15 is 0 Å². The molecule has 0 saturated heterocycles. The van der Waals surface area contributed by atoms with Gasteiger partial charge in [0.2, 0.25) is 0 Å². The first-order valence-electron chi connectivity index (χ1n) is 6.95. The van der Waals surface area contributed by atoms with Gasteiger partial charge in [0, 0.05) is 32.3 Å². The summed E-state index contributed by atoms with van der Waals surface area (Å²) in [6.45, 7) is 0.846. The van der Waals surface area contributed by atoms with Crippen LogP contribution in [0, 0.1) is 3.57 Å². The predicted molar refractivity (Wildman–Crippen MR) is 101 cm³/mol. The smallest absolute Gasteiger partial charge is 0.0948 e. The summed E-state index contributed by atoms with van der Waals surface area (Å²) in [5, 5.41) is 0. The van der Waals surface area contributed by atoms with Crippen LogP contribution in [0.1, 0.15) is 5.56 Å². The lowest BCUT2D eigenvalue weighted by Crippen LogP contribution is -1.89. The Hall–Kier alpha value is -1.53. The highest BCUT2D eigenvalue weighted by Gasteiger charge is 1.97. The number of imidazole rings is 1. The highest BCUT2D eigenvalue weighted by atomic mass is 127. The number of hydrogen-bond acceptors (Lipinski definition) is 2. The van der Waals surface area contributed by atoms with Gasteiger partial charge in [-0.3, -0.25) is 0 Å². The van der Waals surface area contributed by atoms with Crippen LogP contribution in [0.5, 0.6) is 0 Å². The molecule has 22 heavy (non-hydrogen) atoms. The van der Waals surface area contributed by atoms with Crippen molar-refractivity contribution < 1.29 is 0 Å². The molecular formula is C18H15IN2S. The maximum atomic E-state index is 4.03. The average molecular weight is 418 g/mol. The molecule has 0 fully saturated rings. The SMILES string of the molecule is Ic1ccc(Sc2ccc(C=CCn3ccnc3)cc2)cc1. The minimum atomic E-state index is 0.846. The van der Waals surface area contributed by atoms with Crippen molar-refractivity contribution in [2.45, 2.75) is 16.3 Å². The number of nitrogens with zero attached hydrogens (tertiary/aromatic N) is 2. The van der Waals surface area contributed by atoms with Gasteiger partial charge < -0.3 is 4.57 Å². The van der Waals surface area contributed by atoms with Gasteiger partial charge >= 0.3 is 0 Å². The first-order chi connectivity index (χ1) is 10.8. The third-order valence-electron chi connectivity index (χ3n) is 3.12. The van der Waals surface area contributed by atoms with Crippen molar-refractivity contribution in [3.8, 4) is 0 Å². The Morgan fingerprint density at radius 2 is 1.68 bits per heavy atom. The molecule has 0 amide bonds. The van der Waals surface area contributed by atoms with Gasteiger partial charge in [0.05, 0.1) is 6.33 Å². The van der Waals surface area contributed by atoms with Crippen molar-refractivity contribution in [1.82, 2.24) is 9.55 Å². The molecule has 0 unspecified atom stereocenters. The van der Waals surface area contributed by atoms with E-state index in [0.717, 1.165) is 6.54 Å². The van der Waals surface area contributed by atoms with E-state index in [1.54, 1.807) is 18.0 Å². The summed E-state index contributed by atoms with van der Waals surface area (Å²) in [5.74, 6) is 0. The van der Waals surface area contributed by atoms with Crippen LogP contribution in [0.25, 0.3) is 6.08 Å². The molecule has 0 aliphatic carbocycles. The lowest BCUT2D eigenvalue weighted by molar-refractivity contribution is 0.823. The molecule has 0 spiro atoms. The summed E-state index contributed by atoms with van der Waals surface area (Å²) in [7, 11) is 0. The maximum Gasteiger partial charge on any atom is 0.0948 e. The Balaban J connectivity index is 1.60. The Morgan fingerprint density at radius 1 is 1.00 bits per heavy atom. The van der Waals surface area contributed by atoms with E-state index in [0.29, 0.717) is 0 Å². The number of rotatable bonds is 5. The van der Waals surface area contributed by atoms with Crippen LogP contribution in [-0.4, -0.2) is 9.55 Å². The highest BCUT2D eigenvalue weighted by Crippen LogP contribution is 2.28. The Bertz CT molecular complexity index is 732. The summed E-state index contributed by atoms with van der Waals surface area (Å²) in [6, 6.07) is 17.2. The number of halogens is 1. The zero-order chi connectivity index (χ0) is 15.2. The first kappa shape index (κ1) is 15.4. The minimum Gasteiger partial charge on any atom is -0.334 e. The molecule has 1 heterocycles. The second-order valence-electron chi connectivity index (χ2n) is 4.79. The van der Waals surface area contributed by atoms with Crippen LogP contribution >= 0.6 is 34.4 Å². The summed E-state index contributed by atoms with van der Waals surface area (Å²) >= 11 is 4.11. The van der Waals surface area contributed by atoms with E-state index in [9.17, 15) is 0 Å². The zero-order valence-electron chi connectivity index (χ0n) is 11.9. The van der Waals surface area contributed by atoms with Gasteiger partial charge in [0.1, 0.15) is 0 Å². The molecule has 0 radical (unpaired) electrons. The summed E-state index contributed by atoms with van der Waals surface area (Å²) < 4.78 is 3.30. The largest absolute Gasteiger partial charge is 0.334 e. The molecule has 0 N–H and O–H groups in total. The van der Waals surface area contributed by atoms with Crippen molar-refractivity contribution in [1.29, 1.82) is 0 Å². The van der Waals surface area contributed by atoms with Crippen LogP contribution in [-0.2, 0) is 6.54 Å². The molecule has 0 bridgehead atoms. The molecule has 3 rings (SSSR count). The third-order valence-corrected chi connectivity index (χ3v) is 4.85. The second-order valence-corrected chi connectivity index (χ2v) is 7.18. The lowest BCUT2D eigenvalue weighted by Gasteiger charge is -2.02. The third kappa shape index (κ3) is 4.48. The molecule has 2 aromatic carbocycles. The molecule has 2 nitrogen and oxygen atoms in total. The second kappa shape index (κ2) is 7.65. The van der Waals surface area contributed by atoms with Crippen LogP contribution in [0.4, 0.5) is 0 Å². The molecule has 1 aromatic heterocycles. The molecule has 0 atom stereocenters. The molecule has 3 aromatic rings. The van der Waals surface area contributed by atoms with Gasteiger partial charge in [-0.2, -0.15) is 0 Å². The van der Waals surface area contributed by atoms with Crippen LogP contribution in [0.2, 0.25) is 0 Å². The Labute approximate surface area is 148 Å². The minimum absolute atomic E-state index is 0.846. The van der Waals surface area contributed by atoms with Crippen molar-refractivity contribution in [3.05, 3.63) is 82.5 Å². The van der Waals surface area contributed by atoms with Crippen LogP contribution in [0.15, 0.2) is 83.1 Å². The van der Waals surface area contributed by atoms with Gasteiger partial charge in [-0.05, 0) is 64.6 Å². The van der Waals surface area contributed by atoms with Crippen molar-refractivity contribution in [3.63, 3.8) is 0 Å². The molecule has 0 saturated carbocycles. The average Bonchev–Trinajstić information content (AvgIpc) is 3.05. The summed E-state index contributed by atoms with van der Waals surface area (Å²) in [5.41, 5.74) is 1.21. The number of hydrogen-bond donors (Lipinski definition) is 0. The number of benzene rings is 2. The summed E-state index contributed by atoms with van der Waals surface area (Å²) in [6.07, 6.45) is 9.86. The molecule has 0 aliphatic rings. The normalized spacial score (nSPS) is 11.1. The fourth-order valence-corrected chi connectivity index (χ4v) is 3.17. The Kier molecular flexibility index (Phi) is 5.34. The van der Waals surface area contributed by atoms with E-state index < -0.39 is 0 Å². The monoisotopic (exact) mass is 418 g/mol. The van der Waals surface area contributed by atoms with Crippen LogP contribution < -0.4 is 0 Å². The zero-order valence-corrected chi connectivity index (χ0v) is 14.9. The summed E-state index contributed by atoms with van der Waals surface area (Å²) in [4.78, 5) is 6.56. The van der Waals surface area contributed by atoms with Gasteiger partial charge in [0.15, 0.2) is 0 Å². The number of allylic oxidation sites excluding steroid dienone is 1. The van der Waals surface area contributed by atoms with Crippen molar-refractivity contribution in [2.24, 2.45) is 0 Å². The quantitative estimate of drug-likeness (QED) is 0.520. The van der Waals surface area contributed by atoms with Crippen molar-refractivity contribution in [2.75, 3.05) is 0 Å². The molecule has 4 heteroatoms. The molecule has 110 valence electrons. The molecule has 0 aliphatic heterocycles.